The molecule has 2 aliphatic carbocycles. The average molecular weight is 472 g/mol. The predicted octanol–water partition coefficient (Wildman–Crippen LogP) is 5.15. The number of aromatic nitrogens is 1. The highest BCUT2D eigenvalue weighted by Gasteiger charge is 2.37. The average Bonchev–Trinajstić information content (AvgIpc) is 3.63. The molecule has 2 N–H and O–H groups in total. The van der Waals surface area contributed by atoms with Gasteiger partial charge in [0.2, 0.25) is 5.96 Å². The standard InChI is InChI=1S/C27H30FN7/c28-19-11-9-18(10-12-19)25-26(32-22-13-15-29-24(17-22)31-20-5-1-2-6-20)23-14-16-30-27(35(23)34-25)33-21-7-3-4-8-21/h9-17,20-21,23H,1-8H2,(H,29,31)(H,30,33). The third-order valence-corrected chi connectivity index (χ3v) is 7.18. The van der Waals surface area contributed by atoms with Gasteiger partial charge in [0, 0.05) is 36.1 Å². The molecular formula is C27H30FN7. The molecule has 3 heterocycles. The van der Waals surface area contributed by atoms with E-state index in [2.05, 4.69) is 20.6 Å². The summed E-state index contributed by atoms with van der Waals surface area (Å²) in [5, 5.41) is 14.0. The fraction of sp³-hybridized carbons (Fsp3) is 0.407. The Morgan fingerprint density at radius 2 is 1.63 bits per heavy atom. The quantitative estimate of drug-likeness (QED) is 0.632. The van der Waals surface area contributed by atoms with Crippen LogP contribution < -0.4 is 10.6 Å². The molecule has 7 nitrogen and oxygen atoms in total. The van der Waals surface area contributed by atoms with E-state index in [1.807, 2.05) is 29.4 Å². The van der Waals surface area contributed by atoms with E-state index in [1.54, 1.807) is 18.3 Å². The molecule has 180 valence electrons. The summed E-state index contributed by atoms with van der Waals surface area (Å²) in [6.45, 7) is 0. The minimum absolute atomic E-state index is 0.184. The fourth-order valence-electron chi connectivity index (χ4n) is 5.36. The number of hydrogen-bond acceptors (Lipinski definition) is 7. The van der Waals surface area contributed by atoms with Crippen LogP contribution in [-0.2, 0) is 0 Å². The number of guanidine groups is 1. The van der Waals surface area contributed by atoms with Crippen LogP contribution in [0.3, 0.4) is 0 Å². The van der Waals surface area contributed by atoms with Crippen molar-refractivity contribution in [2.75, 3.05) is 5.32 Å². The van der Waals surface area contributed by atoms with Crippen LogP contribution in [0.25, 0.3) is 0 Å². The van der Waals surface area contributed by atoms with E-state index in [1.165, 1.54) is 50.7 Å². The van der Waals surface area contributed by atoms with E-state index < -0.39 is 0 Å². The number of halogens is 1. The smallest absolute Gasteiger partial charge is 0.220 e. The van der Waals surface area contributed by atoms with Crippen molar-refractivity contribution in [3.63, 3.8) is 0 Å². The Balaban J connectivity index is 1.33. The Morgan fingerprint density at radius 3 is 2.37 bits per heavy atom. The molecule has 4 aliphatic rings. The molecule has 0 bridgehead atoms. The van der Waals surface area contributed by atoms with Gasteiger partial charge in [0.25, 0.3) is 0 Å². The van der Waals surface area contributed by atoms with E-state index in [9.17, 15) is 4.39 Å². The van der Waals surface area contributed by atoms with Crippen LogP contribution >= 0.6 is 0 Å². The van der Waals surface area contributed by atoms with Crippen LogP contribution in [0.4, 0.5) is 15.9 Å². The van der Waals surface area contributed by atoms with Crippen LogP contribution in [0.5, 0.6) is 0 Å². The van der Waals surface area contributed by atoms with Crippen molar-refractivity contribution >= 4 is 28.9 Å². The SMILES string of the molecule is Fc1ccc(C2=NN3C(NC4CCCC4)=NC=CC3C2=Nc2ccnc(NC3CCCC3)c2)cc1. The molecule has 8 heteroatoms. The van der Waals surface area contributed by atoms with Gasteiger partial charge in [-0.25, -0.2) is 24.4 Å². The molecule has 2 aromatic rings. The third-order valence-electron chi connectivity index (χ3n) is 7.18. The molecule has 2 saturated carbocycles. The summed E-state index contributed by atoms with van der Waals surface area (Å²) in [6, 6.07) is 11.1. The minimum atomic E-state index is -0.273. The van der Waals surface area contributed by atoms with Crippen molar-refractivity contribution in [1.82, 2.24) is 15.3 Å². The first kappa shape index (κ1) is 21.9. The number of hydrazone groups is 1. The highest BCUT2D eigenvalue weighted by molar-refractivity contribution is 6.52. The summed E-state index contributed by atoms with van der Waals surface area (Å²) >= 11 is 0. The Hall–Kier alpha value is -3.55. The van der Waals surface area contributed by atoms with Crippen LogP contribution in [0, 0.1) is 5.82 Å². The molecule has 1 aromatic carbocycles. The number of nitrogens with one attached hydrogen (secondary N) is 2. The van der Waals surface area contributed by atoms with E-state index in [0.717, 1.165) is 47.3 Å². The molecular weight excluding hydrogens is 441 g/mol. The first-order valence-corrected chi connectivity index (χ1v) is 12.7. The van der Waals surface area contributed by atoms with Gasteiger partial charge in [-0.15, -0.1) is 0 Å². The van der Waals surface area contributed by atoms with Crippen molar-refractivity contribution in [2.45, 2.75) is 69.5 Å². The molecule has 2 fully saturated rings. The van der Waals surface area contributed by atoms with Gasteiger partial charge in [-0.05, 0) is 62.1 Å². The summed E-state index contributed by atoms with van der Waals surface area (Å²) in [6.07, 6.45) is 15.3. The highest BCUT2D eigenvalue weighted by Crippen LogP contribution is 2.28. The zero-order chi connectivity index (χ0) is 23.6. The second kappa shape index (κ2) is 9.60. The van der Waals surface area contributed by atoms with Gasteiger partial charge in [-0.3, -0.25) is 0 Å². The highest BCUT2D eigenvalue weighted by atomic mass is 19.1. The van der Waals surface area contributed by atoms with Crippen LogP contribution in [0.2, 0.25) is 0 Å². The number of anilines is 1. The first-order valence-electron chi connectivity index (χ1n) is 12.7. The number of pyridine rings is 1. The van der Waals surface area contributed by atoms with E-state index in [4.69, 9.17) is 10.1 Å². The van der Waals surface area contributed by atoms with Gasteiger partial charge in [-0.2, -0.15) is 5.10 Å². The van der Waals surface area contributed by atoms with Crippen LogP contribution in [-0.4, -0.2) is 45.5 Å². The Kier molecular flexibility index (Phi) is 6.02. The minimum Gasteiger partial charge on any atom is -0.367 e. The van der Waals surface area contributed by atoms with Crippen molar-refractivity contribution in [1.29, 1.82) is 0 Å². The van der Waals surface area contributed by atoms with Crippen LogP contribution in [0.1, 0.15) is 56.9 Å². The van der Waals surface area contributed by atoms with Gasteiger partial charge in [-0.1, -0.05) is 25.7 Å². The number of benzene rings is 1. The van der Waals surface area contributed by atoms with Crippen molar-refractivity contribution < 1.29 is 4.39 Å². The normalized spacial score (nSPS) is 23.5. The first-order chi connectivity index (χ1) is 17.2. The molecule has 0 spiro atoms. The number of hydrogen-bond donors (Lipinski definition) is 2. The molecule has 0 radical (unpaired) electrons. The second-order valence-corrected chi connectivity index (χ2v) is 9.69. The molecule has 6 rings (SSSR count). The lowest BCUT2D eigenvalue weighted by Crippen LogP contribution is -2.47. The Morgan fingerprint density at radius 1 is 0.914 bits per heavy atom. The van der Waals surface area contributed by atoms with E-state index in [0.29, 0.717) is 12.1 Å². The maximum absolute atomic E-state index is 13.7. The Bertz CT molecular complexity index is 1190. The molecule has 2 aliphatic heterocycles. The van der Waals surface area contributed by atoms with Gasteiger partial charge in [0.1, 0.15) is 23.4 Å². The van der Waals surface area contributed by atoms with Crippen molar-refractivity contribution in [2.24, 2.45) is 15.1 Å². The third kappa shape index (κ3) is 4.70. The molecule has 1 aromatic heterocycles. The number of nitrogens with zero attached hydrogens (tertiary/aromatic N) is 5. The molecule has 35 heavy (non-hydrogen) atoms. The summed E-state index contributed by atoms with van der Waals surface area (Å²) in [4.78, 5) is 14.2. The van der Waals surface area contributed by atoms with Gasteiger partial charge >= 0.3 is 0 Å². The van der Waals surface area contributed by atoms with Gasteiger partial charge in [0.05, 0.1) is 11.4 Å². The predicted molar refractivity (Wildman–Crippen MR) is 138 cm³/mol. The van der Waals surface area contributed by atoms with E-state index in [-0.39, 0.29) is 11.9 Å². The lowest BCUT2D eigenvalue weighted by atomic mass is 10.0. The maximum atomic E-state index is 13.7. The maximum Gasteiger partial charge on any atom is 0.220 e. The zero-order valence-corrected chi connectivity index (χ0v) is 19.7. The lowest BCUT2D eigenvalue weighted by molar-refractivity contribution is 0.423. The van der Waals surface area contributed by atoms with E-state index >= 15 is 0 Å². The molecule has 1 unspecified atom stereocenters. The van der Waals surface area contributed by atoms with Gasteiger partial charge in [0.15, 0.2) is 0 Å². The Labute approximate surface area is 205 Å². The molecule has 0 amide bonds. The summed E-state index contributed by atoms with van der Waals surface area (Å²) < 4.78 is 13.7. The van der Waals surface area contributed by atoms with Crippen LogP contribution in [0.15, 0.2) is 70.0 Å². The summed E-state index contributed by atoms with van der Waals surface area (Å²) in [5.41, 5.74) is 3.18. The van der Waals surface area contributed by atoms with Crippen molar-refractivity contribution in [3.8, 4) is 0 Å². The molecule has 1 atom stereocenters. The zero-order valence-electron chi connectivity index (χ0n) is 19.7. The number of rotatable bonds is 5. The summed E-state index contributed by atoms with van der Waals surface area (Å²) in [5.74, 6) is 1.32. The number of aliphatic imine (C=N–C) groups is 2. The number of fused-ring (bicyclic) bond motifs is 1. The summed E-state index contributed by atoms with van der Waals surface area (Å²) in [7, 11) is 0. The second-order valence-electron chi connectivity index (χ2n) is 9.69. The fourth-order valence-corrected chi connectivity index (χ4v) is 5.36. The monoisotopic (exact) mass is 471 g/mol. The lowest BCUT2D eigenvalue weighted by Gasteiger charge is -2.27. The molecule has 0 saturated heterocycles. The topological polar surface area (TPSA) is 77.3 Å². The van der Waals surface area contributed by atoms with Gasteiger partial charge < -0.3 is 10.6 Å². The largest absolute Gasteiger partial charge is 0.367 e. The van der Waals surface area contributed by atoms with Crippen molar-refractivity contribution in [3.05, 3.63) is 66.3 Å².